The third kappa shape index (κ3) is 1.85. The molecule has 2 rings (SSSR count). The highest BCUT2D eigenvalue weighted by Crippen LogP contribution is 2.01. The summed E-state index contributed by atoms with van der Waals surface area (Å²) >= 11 is 0. The normalized spacial score (nSPS) is 10.6. The number of aromatic amines is 1. The molecule has 0 atom stereocenters. The molecular formula is C8H9N5O3. The van der Waals surface area contributed by atoms with Gasteiger partial charge in [-0.05, 0) is 6.92 Å². The molecule has 0 saturated heterocycles. The third-order valence-electron chi connectivity index (χ3n) is 1.93. The Morgan fingerprint density at radius 1 is 1.56 bits per heavy atom. The molecule has 0 aliphatic rings. The number of hydrogen-bond donors (Lipinski definition) is 2. The largest absolute Gasteiger partial charge is 0.385 e. The molecule has 0 aromatic carbocycles. The number of hydrogen-bond acceptors (Lipinski definition) is 6. The van der Waals surface area contributed by atoms with Crippen LogP contribution in [0.15, 0.2) is 20.2 Å². The molecule has 84 valence electrons. The van der Waals surface area contributed by atoms with E-state index in [-0.39, 0.29) is 18.3 Å². The van der Waals surface area contributed by atoms with Gasteiger partial charge in [0.2, 0.25) is 5.89 Å². The smallest absolute Gasteiger partial charge is 0.330 e. The number of nitrogen functional groups attached to an aromatic ring is 1. The van der Waals surface area contributed by atoms with Gasteiger partial charge in [-0.3, -0.25) is 14.3 Å². The lowest BCUT2D eigenvalue weighted by Gasteiger charge is -2.04. The molecule has 0 spiro atoms. The quantitative estimate of drug-likeness (QED) is 0.663. The zero-order chi connectivity index (χ0) is 11.7. The number of nitrogens with zero attached hydrogens (tertiary/aromatic N) is 3. The van der Waals surface area contributed by atoms with Crippen molar-refractivity contribution in [3.8, 4) is 0 Å². The second kappa shape index (κ2) is 3.65. The predicted octanol–water partition coefficient (Wildman–Crippen LogP) is -1.14. The van der Waals surface area contributed by atoms with Crippen LogP contribution < -0.4 is 17.0 Å². The van der Waals surface area contributed by atoms with E-state index >= 15 is 0 Å². The predicted molar refractivity (Wildman–Crippen MR) is 53.9 cm³/mol. The Morgan fingerprint density at radius 3 is 2.88 bits per heavy atom. The van der Waals surface area contributed by atoms with Crippen LogP contribution in [0.4, 0.5) is 5.82 Å². The van der Waals surface area contributed by atoms with Crippen molar-refractivity contribution in [3.63, 3.8) is 0 Å². The van der Waals surface area contributed by atoms with Crippen LogP contribution in [0.5, 0.6) is 0 Å². The first-order chi connectivity index (χ1) is 7.56. The van der Waals surface area contributed by atoms with E-state index in [1.165, 1.54) is 0 Å². The van der Waals surface area contributed by atoms with Crippen LogP contribution in [0, 0.1) is 6.92 Å². The van der Waals surface area contributed by atoms with E-state index in [2.05, 4.69) is 15.1 Å². The Morgan fingerprint density at radius 2 is 2.31 bits per heavy atom. The highest BCUT2D eigenvalue weighted by Gasteiger charge is 2.08. The van der Waals surface area contributed by atoms with E-state index in [1.54, 1.807) is 6.92 Å². The molecule has 0 amide bonds. The lowest BCUT2D eigenvalue weighted by atomic mass is 10.5. The molecular weight excluding hydrogens is 214 g/mol. The van der Waals surface area contributed by atoms with Crippen molar-refractivity contribution < 1.29 is 4.52 Å². The van der Waals surface area contributed by atoms with E-state index < -0.39 is 11.2 Å². The Balaban J connectivity index is 2.42. The molecule has 3 N–H and O–H groups in total. The number of nitrogens with one attached hydrogen (secondary N) is 1. The highest BCUT2D eigenvalue weighted by atomic mass is 16.5. The van der Waals surface area contributed by atoms with Crippen LogP contribution >= 0.6 is 0 Å². The van der Waals surface area contributed by atoms with E-state index in [4.69, 9.17) is 10.3 Å². The van der Waals surface area contributed by atoms with Crippen molar-refractivity contribution in [2.75, 3.05) is 5.73 Å². The van der Waals surface area contributed by atoms with E-state index in [9.17, 15) is 9.59 Å². The molecule has 2 aromatic heterocycles. The van der Waals surface area contributed by atoms with Crippen LogP contribution in [0.25, 0.3) is 0 Å². The molecule has 8 heteroatoms. The Bertz CT molecular complexity index is 623. The van der Waals surface area contributed by atoms with Crippen LogP contribution in [0.3, 0.4) is 0 Å². The molecule has 0 aliphatic heterocycles. The van der Waals surface area contributed by atoms with Crippen molar-refractivity contribution in [2.45, 2.75) is 13.5 Å². The summed E-state index contributed by atoms with van der Waals surface area (Å²) < 4.78 is 5.97. The van der Waals surface area contributed by atoms with Crippen molar-refractivity contribution in [2.24, 2.45) is 0 Å². The maximum Gasteiger partial charge on any atom is 0.330 e. The van der Waals surface area contributed by atoms with E-state index in [0.29, 0.717) is 5.82 Å². The maximum atomic E-state index is 11.4. The molecule has 0 fully saturated rings. The highest BCUT2D eigenvalue weighted by molar-refractivity contribution is 5.26. The minimum absolute atomic E-state index is 0.0300. The minimum Gasteiger partial charge on any atom is -0.385 e. The molecule has 0 unspecified atom stereocenters. The molecule has 0 radical (unpaired) electrons. The van der Waals surface area contributed by atoms with Gasteiger partial charge in [-0.25, -0.2) is 4.79 Å². The van der Waals surface area contributed by atoms with Gasteiger partial charge in [0.15, 0.2) is 5.82 Å². The van der Waals surface area contributed by atoms with Crippen LogP contribution in [-0.2, 0) is 6.54 Å². The second-order valence-electron chi connectivity index (χ2n) is 3.19. The maximum absolute atomic E-state index is 11.4. The zero-order valence-electron chi connectivity index (χ0n) is 8.43. The monoisotopic (exact) mass is 223 g/mol. The summed E-state index contributed by atoms with van der Waals surface area (Å²) in [4.78, 5) is 28.3. The number of nitrogens with two attached hydrogens (primary N) is 1. The van der Waals surface area contributed by atoms with Gasteiger partial charge in [0, 0.05) is 6.07 Å². The summed E-state index contributed by atoms with van der Waals surface area (Å²) in [6.07, 6.45) is 0. The fraction of sp³-hybridized carbons (Fsp3) is 0.250. The van der Waals surface area contributed by atoms with Gasteiger partial charge in [0.05, 0.1) is 0 Å². The van der Waals surface area contributed by atoms with Crippen molar-refractivity contribution in [1.29, 1.82) is 0 Å². The first kappa shape index (κ1) is 10.1. The molecule has 0 saturated carbocycles. The standard InChI is InChI=1S/C8H9N5O3/c1-4-10-7(16-12-4)3-13-5(9)2-6(14)11-8(13)15/h2H,3,9H2,1H3,(H,11,14,15). The van der Waals surface area contributed by atoms with Gasteiger partial charge in [0.25, 0.3) is 5.56 Å². The molecule has 16 heavy (non-hydrogen) atoms. The van der Waals surface area contributed by atoms with Gasteiger partial charge in [0.1, 0.15) is 12.4 Å². The van der Waals surface area contributed by atoms with Crippen LogP contribution in [-0.4, -0.2) is 19.7 Å². The van der Waals surface area contributed by atoms with Crippen molar-refractivity contribution >= 4 is 5.82 Å². The van der Waals surface area contributed by atoms with Crippen molar-refractivity contribution in [1.82, 2.24) is 19.7 Å². The van der Waals surface area contributed by atoms with Gasteiger partial charge < -0.3 is 10.3 Å². The number of aromatic nitrogens is 4. The number of aryl methyl sites for hydroxylation is 1. The first-order valence-electron chi connectivity index (χ1n) is 4.45. The average Bonchev–Trinajstić information content (AvgIpc) is 2.58. The zero-order valence-corrected chi connectivity index (χ0v) is 8.43. The number of H-pyrrole nitrogens is 1. The van der Waals surface area contributed by atoms with Gasteiger partial charge >= 0.3 is 5.69 Å². The molecule has 2 heterocycles. The molecule has 0 aliphatic carbocycles. The summed E-state index contributed by atoms with van der Waals surface area (Å²) in [7, 11) is 0. The van der Waals surface area contributed by atoms with E-state index in [1.807, 2.05) is 0 Å². The Hall–Kier alpha value is -2.38. The van der Waals surface area contributed by atoms with Crippen molar-refractivity contribution in [3.05, 3.63) is 38.6 Å². The van der Waals surface area contributed by atoms with Crippen LogP contribution in [0.1, 0.15) is 11.7 Å². The number of anilines is 1. The second-order valence-corrected chi connectivity index (χ2v) is 3.19. The fourth-order valence-electron chi connectivity index (χ4n) is 1.24. The lowest BCUT2D eigenvalue weighted by Crippen LogP contribution is -2.31. The third-order valence-corrected chi connectivity index (χ3v) is 1.93. The summed E-state index contributed by atoms with van der Waals surface area (Å²) in [6, 6.07) is 1.12. The summed E-state index contributed by atoms with van der Waals surface area (Å²) in [5, 5.41) is 3.58. The van der Waals surface area contributed by atoms with Crippen LogP contribution in [0.2, 0.25) is 0 Å². The Labute approximate surface area is 88.7 Å². The summed E-state index contributed by atoms with van der Waals surface area (Å²) in [5.41, 5.74) is 4.38. The number of rotatable bonds is 2. The minimum atomic E-state index is -0.610. The molecule has 8 nitrogen and oxygen atoms in total. The Kier molecular flexibility index (Phi) is 2.31. The van der Waals surface area contributed by atoms with Gasteiger partial charge in [-0.2, -0.15) is 4.98 Å². The topological polar surface area (TPSA) is 120 Å². The SMILES string of the molecule is Cc1noc(Cn2c(N)cc(=O)[nH]c2=O)n1. The summed E-state index contributed by atoms with van der Waals surface area (Å²) in [5.74, 6) is 0.758. The molecule has 2 aromatic rings. The summed E-state index contributed by atoms with van der Waals surface area (Å²) in [6.45, 7) is 1.69. The first-order valence-corrected chi connectivity index (χ1v) is 4.45. The van der Waals surface area contributed by atoms with Gasteiger partial charge in [-0.15, -0.1) is 0 Å². The molecule has 0 bridgehead atoms. The lowest BCUT2D eigenvalue weighted by molar-refractivity contribution is 0.366. The van der Waals surface area contributed by atoms with E-state index in [0.717, 1.165) is 10.6 Å². The fourth-order valence-corrected chi connectivity index (χ4v) is 1.24. The average molecular weight is 223 g/mol. The van der Waals surface area contributed by atoms with Gasteiger partial charge in [-0.1, -0.05) is 5.16 Å².